The number of methoxy groups -OCH3 is 1. The van der Waals surface area contributed by atoms with Gasteiger partial charge in [-0.25, -0.2) is 0 Å². The molecule has 1 fully saturated rings. The van der Waals surface area contributed by atoms with E-state index in [1.165, 1.54) is 16.8 Å². The summed E-state index contributed by atoms with van der Waals surface area (Å²) < 4.78 is 5.40. The quantitative estimate of drug-likeness (QED) is 0.335. The van der Waals surface area contributed by atoms with Gasteiger partial charge in [-0.15, -0.1) is 0 Å². The SMILES string of the molecule is CNC(=O)c1cc(C)c(C(=O)NCC[C@@H](C)N2CCC(N(Cc3cnccc3C)c3ccc(OC)cc3)CC2)c(C)c1. The first-order chi connectivity index (χ1) is 20.2. The lowest BCUT2D eigenvalue weighted by Gasteiger charge is -2.42. The van der Waals surface area contributed by atoms with E-state index in [4.69, 9.17) is 4.74 Å². The first-order valence-electron chi connectivity index (χ1n) is 14.9. The number of ether oxygens (including phenoxy) is 1. The summed E-state index contributed by atoms with van der Waals surface area (Å²) in [5.74, 6) is 0.628. The smallest absolute Gasteiger partial charge is 0.251 e. The number of likely N-dealkylation sites (tertiary alicyclic amines) is 1. The van der Waals surface area contributed by atoms with Gasteiger partial charge in [-0.05, 0) is 112 Å². The number of nitrogens with one attached hydrogen (secondary N) is 2. The van der Waals surface area contributed by atoms with Gasteiger partial charge in [0, 0.05) is 74.5 Å². The molecule has 42 heavy (non-hydrogen) atoms. The molecule has 1 aliphatic heterocycles. The number of carbonyl (C=O) groups is 2. The second-order valence-electron chi connectivity index (χ2n) is 11.4. The van der Waals surface area contributed by atoms with Crippen LogP contribution in [0.15, 0.2) is 54.9 Å². The zero-order valence-corrected chi connectivity index (χ0v) is 25.9. The summed E-state index contributed by atoms with van der Waals surface area (Å²) in [5.41, 5.74) is 6.54. The average molecular weight is 572 g/mol. The number of nitrogens with zero attached hydrogens (tertiary/aromatic N) is 3. The minimum Gasteiger partial charge on any atom is -0.497 e. The maximum atomic E-state index is 13.0. The highest BCUT2D eigenvalue weighted by molar-refractivity contribution is 6.00. The van der Waals surface area contributed by atoms with E-state index in [-0.39, 0.29) is 11.8 Å². The van der Waals surface area contributed by atoms with Gasteiger partial charge in [0.15, 0.2) is 0 Å². The first kappa shape index (κ1) is 31.0. The van der Waals surface area contributed by atoms with Gasteiger partial charge >= 0.3 is 0 Å². The molecule has 0 spiro atoms. The monoisotopic (exact) mass is 571 g/mol. The van der Waals surface area contributed by atoms with Crippen molar-refractivity contribution in [3.63, 3.8) is 0 Å². The molecule has 1 saturated heterocycles. The molecule has 0 radical (unpaired) electrons. The zero-order valence-electron chi connectivity index (χ0n) is 25.9. The van der Waals surface area contributed by atoms with E-state index in [0.717, 1.165) is 55.8 Å². The molecule has 8 heteroatoms. The second kappa shape index (κ2) is 14.3. The number of carbonyl (C=O) groups excluding carboxylic acids is 2. The van der Waals surface area contributed by atoms with Gasteiger partial charge in [0.1, 0.15) is 5.75 Å². The third-order valence-corrected chi connectivity index (χ3v) is 8.55. The van der Waals surface area contributed by atoms with Crippen LogP contribution in [0.5, 0.6) is 5.75 Å². The van der Waals surface area contributed by atoms with Gasteiger partial charge in [0.05, 0.1) is 7.11 Å². The van der Waals surface area contributed by atoms with Gasteiger partial charge in [-0.3, -0.25) is 14.6 Å². The molecule has 1 atom stereocenters. The van der Waals surface area contributed by atoms with Crippen LogP contribution in [0, 0.1) is 20.8 Å². The Kier molecular flexibility index (Phi) is 10.6. The maximum Gasteiger partial charge on any atom is 0.251 e. The van der Waals surface area contributed by atoms with Crippen molar-refractivity contribution < 1.29 is 14.3 Å². The van der Waals surface area contributed by atoms with Crippen LogP contribution in [0.2, 0.25) is 0 Å². The third-order valence-electron chi connectivity index (χ3n) is 8.55. The minimum absolute atomic E-state index is 0.0832. The largest absolute Gasteiger partial charge is 0.497 e. The number of pyridine rings is 1. The molecule has 8 nitrogen and oxygen atoms in total. The van der Waals surface area contributed by atoms with Gasteiger partial charge in [0.25, 0.3) is 11.8 Å². The Morgan fingerprint density at radius 1 is 1.02 bits per heavy atom. The summed E-state index contributed by atoms with van der Waals surface area (Å²) in [6, 6.07) is 14.8. The standard InChI is InChI=1S/C34H45N5O3/c1-23-11-15-36-21-28(23)22-39(29-7-9-31(42-6)10-8-29)30-13-17-38(18-14-30)26(4)12-16-37-34(41)32-24(2)19-27(20-25(32)3)33(40)35-5/h7-11,15,19-21,26,30H,12-14,16-18,22H2,1-6H3,(H,35,40)(H,37,41)/t26-/m1/s1. The highest BCUT2D eigenvalue weighted by Gasteiger charge is 2.28. The highest BCUT2D eigenvalue weighted by atomic mass is 16.5. The molecule has 2 N–H and O–H groups in total. The molecule has 2 aromatic carbocycles. The molecule has 4 rings (SSSR count). The number of anilines is 1. The molecular formula is C34H45N5O3. The summed E-state index contributed by atoms with van der Waals surface area (Å²) in [7, 11) is 3.31. The summed E-state index contributed by atoms with van der Waals surface area (Å²) in [4.78, 5) is 34.5. The molecule has 0 aliphatic carbocycles. The molecule has 3 aromatic rings. The van der Waals surface area contributed by atoms with E-state index >= 15 is 0 Å². The zero-order chi connectivity index (χ0) is 30.2. The Morgan fingerprint density at radius 3 is 2.29 bits per heavy atom. The van der Waals surface area contributed by atoms with Crippen LogP contribution >= 0.6 is 0 Å². The normalized spacial score (nSPS) is 14.7. The fourth-order valence-electron chi connectivity index (χ4n) is 5.95. The van der Waals surface area contributed by atoms with Crippen LogP contribution in [0.4, 0.5) is 5.69 Å². The Morgan fingerprint density at radius 2 is 1.69 bits per heavy atom. The molecule has 224 valence electrons. The third kappa shape index (κ3) is 7.48. The predicted octanol–water partition coefficient (Wildman–Crippen LogP) is 5.05. The van der Waals surface area contributed by atoms with Crippen LogP contribution in [-0.2, 0) is 6.54 Å². The molecule has 1 aliphatic rings. The van der Waals surface area contributed by atoms with Crippen molar-refractivity contribution in [2.45, 2.75) is 65.6 Å². The number of hydrogen-bond acceptors (Lipinski definition) is 6. The predicted molar refractivity (Wildman–Crippen MR) is 168 cm³/mol. The van der Waals surface area contributed by atoms with E-state index in [1.807, 2.05) is 38.4 Å². The van der Waals surface area contributed by atoms with Crippen molar-refractivity contribution in [3.8, 4) is 5.75 Å². The van der Waals surface area contributed by atoms with E-state index in [0.29, 0.717) is 29.8 Å². The summed E-state index contributed by atoms with van der Waals surface area (Å²) in [5, 5.41) is 5.76. The number of piperidine rings is 1. The van der Waals surface area contributed by atoms with Crippen LogP contribution < -0.4 is 20.3 Å². The van der Waals surface area contributed by atoms with Crippen LogP contribution in [0.1, 0.15) is 69.2 Å². The van der Waals surface area contributed by atoms with E-state index in [1.54, 1.807) is 26.3 Å². The molecular weight excluding hydrogens is 526 g/mol. The lowest BCUT2D eigenvalue weighted by atomic mass is 9.98. The van der Waals surface area contributed by atoms with Crippen molar-refractivity contribution in [1.82, 2.24) is 20.5 Å². The van der Waals surface area contributed by atoms with Crippen molar-refractivity contribution in [3.05, 3.63) is 88.2 Å². The Balaban J connectivity index is 1.33. The van der Waals surface area contributed by atoms with E-state index in [9.17, 15) is 9.59 Å². The average Bonchev–Trinajstić information content (AvgIpc) is 3.00. The number of aromatic nitrogens is 1. The summed E-state index contributed by atoms with van der Waals surface area (Å²) in [6.45, 7) is 11.6. The Labute approximate surface area is 250 Å². The number of aryl methyl sites for hydroxylation is 3. The van der Waals surface area contributed by atoms with Crippen molar-refractivity contribution in [2.75, 3.05) is 38.7 Å². The first-order valence-corrected chi connectivity index (χ1v) is 14.9. The lowest BCUT2D eigenvalue weighted by Crippen LogP contribution is -2.48. The van der Waals surface area contributed by atoms with Crippen molar-refractivity contribution in [1.29, 1.82) is 0 Å². The number of hydrogen-bond donors (Lipinski definition) is 2. The number of amides is 2. The molecule has 2 heterocycles. The van der Waals surface area contributed by atoms with E-state index < -0.39 is 0 Å². The topological polar surface area (TPSA) is 86.8 Å². The number of rotatable bonds is 11. The van der Waals surface area contributed by atoms with Gasteiger partial charge < -0.3 is 25.2 Å². The van der Waals surface area contributed by atoms with Crippen LogP contribution in [-0.4, -0.2) is 67.6 Å². The van der Waals surface area contributed by atoms with Crippen LogP contribution in [0.3, 0.4) is 0 Å². The Bertz CT molecular complexity index is 1340. The highest BCUT2D eigenvalue weighted by Crippen LogP contribution is 2.29. The minimum atomic E-state index is -0.148. The lowest BCUT2D eigenvalue weighted by molar-refractivity contribution is 0.0937. The number of benzene rings is 2. The van der Waals surface area contributed by atoms with Gasteiger partial charge in [-0.1, -0.05) is 0 Å². The molecule has 0 bridgehead atoms. The fraction of sp³-hybridized carbons (Fsp3) is 0.441. The summed E-state index contributed by atoms with van der Waals surface area (Å²) >= 11 is 0. The van der Waals surface area contributed by atoms with Crippen LogP contribution in [0.25, 0.3) is 0 Å². The van der Waals surface area contributed by atoms with Crippen molar-refractivity contribution in [2.24, 2.45) is 0 Å². The molecule has 0 unspecified atom stereocenters. The second-order valence-corrected chi connectivity index (χ2v) is 11.4. The van der Waals surface area contributed by atoms with Gasteiger partial charge in [0.2, 0.25) is 0 Å². The van der Waals surface area contributed by atoms with Gasteiger partial charge in [-0.2, -0.15) is 0 Å². The summed E-state index contributed by atoms with van der Waals surface area (Å²) in [6.07, 6.45) is 6.85. The van der Waals surface area contributed by atoms with E-state index in [2.05, 4.69) is 57.5 Å². The molecule has 2 amide bonds. The fourth-order valence-corrected chi connectivity index (χ4v) is 5.95. The van der Waals surface area contributed by atoms with Crippen molar-refractivity contribution >= 4 is 17.5 Å². The molecule has 0 saturated carbocycles. The Hall–Kier alpha value is -3.91. The molecule has 1 aromatic heterocycles. The maximum absolute atomic E-state index is 13.0.